The predicted octanol–water partition coefficient (Wildman–Crippen LogP) is 2.73. The van der Waals surface area contributed by atoms with Crippen molar-refractivity contribution < 1.29 is 14.7 Å². The number of amides is 1. The maximum Gasteiger partial charge on any atom is 0.355 e. The van der Waals surface area contributed by atoms with Crippen molar-refractivity contribution in [3.05, 3.63) is 44.3 Å². The molecule has 0 atom stereocenters. The van der Waals surface area contributed by atoms with Gasteiger partial charge in [-0.25, -0.2) is 9.78 Å². The Morgan fingerprint density at radius 2 is 2.20 bits per heavy atom. The number of hydrogen-bond donors (Lipinski definition) is 2. The van der Waals surface area contributed by atoms with Crippen LogP contribution in [0.5, 0.6) is 0 Å². The van der Waals surface area contributed by atoms with E-state index in [1.54, 1.807) is 18.2 Å². The van der Waals surface area contributed by atoms with Crippen LogP contribution >= 0.6 is 27.3 Å². The predicted molar refractivity (Wildman–Crippen MR) is 75.9 cm³/mol. The van der Waals surface area contributed by atoms with Crippen molar-refractivity contribution in [3.8, 4) is 6.07 Å². The quantitative estimate of drug-likeness (QED) is 0.884. The van der Waals surface area contributed by atoms with Gasteiger partial charge in [-0.05, 0) is 34.1 Å². The van der Waals surface area contributed by atoms with Crippen LogP contribution in [0.25, 0.3) is 0 Å². The van der Waals surface area contributed by atoms with Crippen LogP contribution in [0, 0.1) is 11.3 Å². The Hall–Kier alpha value is -2.24. The van der Waals surface area contributed by atoms with Gasteiger partial charge in [-0.2, -0.15) is 5.26 Å². The zero-order valence-corrected chi connectivity index (χ0v) is 12.2. The lowest BCUT2D eigenvalue weighted by molar-refractivity contribution is 0.0691. The van der Waals surface area contributed by atoms with Gasteiger partial charge in [-0.1, -0.05) is 0 Å². The molecule has 2 aromatic rings. The van der Waals surface area contributed by atoms with E-state index in [4.69, 9.17) is 10.4 Å². The number of benzene rings is 1. The van der Waals surface area contributed by atoms with Crippen molar-refractivity contribution in [1.29, 1.82) is 5.26 Å². The van der Waals surface area contributed by atoms with Gasteiger partial charge in [-0.15, -0.1) is 11.3 Å². The first-order valence-corrected chi connectivity index (χ1v) is 6.88. The average molecular weight is 352 g/mol. The van der Waals surface area contributed by atoms with Crippen LogP contribution in [0.1, 0.15) is 25.9 Å². The minimum absolute atomic E-state index is 0.0543. The smallest absolute Gasteiger partial charge is 0.355 e. The molecule has 1 aromatic carbocycles. The first-order chi connectivity index (χ1) is 9.51. The number of rotatable bonds is 3. The maximum atomic E-state index is 11.9. The fraction of sp³-hybridized carbons (Fsp3) is 0. The molecule has 100 valence electrons. The number of hydrogen-bond acceptors (Lipinski definition) is 5. The van der Waals surface area contributed by atoms with E-state index < -0.39 is 11.9 Å². The van der Waals surface area contributed by atoms with Gasteiger partial charge in [-0.3, -0.25) is 4.79 Å². The minimum atomic E-state index is -1.18. The van der Waals surface area contributed by atoms with Crippen LogP contribution in [-0.2, 0) is 0 Å². The number of nitriles is 1. The number of nitrogens with zero attached hydrogens (tertiary/aromatic N) is 2. The van der Waals surface area contributed by atoms with Gasteiger partial charge in [0.15, 0.2) is 10.7 Å². The van der Waals surface area contributed by atoms with E-state index in [9.17, 15) is 9.59 Å². The fourth-order valence-corrected chi connectivity index (χ4v) is 2.50. The summed E-state index contributed by atoms with van der Waals surface area (Å²) in [6, 6.07) is 6.68. The van der Waals surface area contributed by atoms with Crippen molar-refractivity contribution in [2.24, 2.45) is 0 Å². The van der Waals surface area contributed by atoms with Crippen molar-refractivity contribution >= 4 is 44.8 Å². The van der Waals surface area contributed by atoms with Crippen LogP contribution in [0.15, 0.2) is 28.1 Å². The van der Waals surface area contributed by atoms with Gasteiger partial charge < -0.3 is 10.4 Å². The zero-order valence-electron chi connectivity index (χ0n) is 9.75. The molecular formula is C12H6BrN3O3S. The second-order valence-corrected chi connectivity index (χ2v) is 5.32. The van der Waals surface area contributed by atoms with Gasteiger partial charge in [0.1, 0.15) is 0 Å². The molecule has 8 heteroatoms. The van der Waals surface area contributed by atoms with Gasteiger partial charge in [0.2, 0.25) is 0 Å². The molecule has 0 spiro atoms. The summed E-state index contributed by atoms with van der Waals surface area (Å²) < 4.78 is 0.555. The third-order valence-electron chi connectivity index (χ3n) is 2.26. The highest BCUT2D eigenvalue weighted by Crippen LogP contribution is 2.24. The van der Waals surface area contributed by atoms with E-state index in [2.05, 4.69) is 26.2 Å². The van der Waals surface area contributed by atoms with E-state index in [-0.39, 0.29) is 10.7 Å². The largest absolute Gasteiger partial charge is 0.476 e. The molecule has 0 aliphatic rings. The number of aromatic nitrogens is 1. The number of aromatic carboxylic acids is 1. The molecule has 1 aromatic heterocycles. The summed E-state index contributed by atoms with van der Waals surface area (Å²) in [7, 11) is 0. The van der Waals surface area contributed by atoms with Gasteiger partial charge in [0, 0.05) is 9.85 Å². The highest BCUT2D eigenvalue weighted by Gasteiger charge is 2.15. The Morgan fingerprint density at radius 1 is 1.45 bits per heavy atom. The Kier molecular flexibility index (Phi) is 4.12. The molecule has 0 bridgehead atoms. The lowest BCUT2D eigenvalue weighted by atomic mass is 10.2. The van der Waals surface area contributed by atoms with Crippen LogP contribution in [0.3, 0.4) is 0 Å². The number of anilines is 1. The molecule has 2 rings (SSSR count). The highest BCUT2D eigenvalue weighted by molar-refractivity contribution is 9.10. The van der Waals surface area contributed by atoms with Crippen LogP contribution in [0.4, 0.5) is 5.69 Å². The number of thiazole rings is 1. The van der Waals surface area contributed by atoms with Gasteiger partial charge in [0.05, 0.1) is 17.3 Å². The molecule has 0 radical (unpaired) electrons. The standard InChI is InChI=1S/C12H6BrN3O3S/c13-7-3-6(4-14)1-2-8(7)15-10(17)11-16-9(5-20-11)12(18)19/h1-3,5H,(H,15,17)(H,18,19). The topological polar surface area (TPSA) is 103 Å². The number of halogens is 1. The molecule has 0 aliphatic carbocycles. The Bertz CT molecular complexity index is 736. The third-order valence-corrected chi connectivity index (χ3v) is 3.76. The summed E-state index contributed by atoms with van der Waals surface area (Å²) in [6.07, 6.45) is 0. The fourth-order valence-electron chi connectivity index (χ4n) is 1.34. The zero-order chi connectivity index (χ0) is 14.7. The Balaban J connectivity index is 2.19. The summed E-state index contributed by atoms with van der Waals surface area (Å²) in [5, 5.41) is 21.4. The second kappa shape index (κ2) is 5.81. The van der Waals surface area contributed by atoms with Crippen molar-refractivity contribution in [3.63, 3.8) is 0 Å². The highest BCUT2D eigenvalue weighted by atomic mass is 79.9. The van der Waals surface area contributed by atoms with E-state index in [0.717, 1.165) is 11.3 Å². The Morgan fingerprint density at radius 3 is 2.75 bits per heavy atom. The number of nitrogens with one attached hydrogen (secondary N) is 1. The molecule has 6 nitrogen and oxygen atoms in total. The summed E-state index contributed by atoms with van der Waals surface area (Å²) in [6.45, 7) is 0. The first kappa shape index (κ1) is 14.2. The van der Waals surface area contributed by atoms with E-state index >= 15 is 0 Å². The molecule has 1 heterocycles. The number of carboxylic acid groups (broad SMARTS) is 1. The molecule has 0 fully saturated rings. The molecular weight excluding hydrogens is 346 g/mol. The summed E-state index contributed by atoms with van der Waals surface area (Å²) in [4.78, 5) is 26.3. The first-order valence-electron chi connectivity index (χ1n) is 5.21. The van der Waals surface area contributed by atoms with Crippen molar-refractivity contribution in [2.75, 3.05) is 5.32 Å². The summed E-state index contributed by atoms with van der Waals surface area (Å²) in [5.74, 6) is -1.69. The summed E-state index contributed by atoms with van der Waals surface area (Å²) in [5.41, 5.74) is 0.761. The SMILES string of the molecule is N#Cc1ccc(NC(=O)c2nc(C(=O)O)cs2)c(Br)c1. The van der Waals surface area contributed by atoms with E-state index in [1.165, 1.54) is 5.38 Å². The van der Waals surface area contributed by atoms with Gasteiger partial charge >= 0.3 is 5.97 Å². The van der Waals surface area contributed by atoms with Crippen LogP contribution in [0.2, 0.25) is 0 Å². The third kappa shape index (κ3) is 3.01. The molecule has 0 saturated carbocycles. The van der Waals surface area contributed by atoms with Crippen molar-refractivity contribution in [2.45, 2.75) is 0 Å². The lowest BCUT2D eigenvalue weighted by Crippen LogP contribution is -2.12. The van der Waals surface area contributed by atoms with Gasteiger partial charge in [0.25, 0.3) is 5.91 Å². The number of carbonyl (C=O) groups is 2. The van der Waals surface area contributed by atoms with E-state index in [0.29, 0.717) is 15.7 Å². The van der Waals surface area contributed by atoms with E-state index in [1.807, 2.05) is 6.07 Å². The number of carboxylic acids is 1. The summed E-state index contributed by atoms with van der Waals surface area (Å²) >= 11 is 4.19. The Labute approximate surface area is 125 Å². The minimum Gasteiger partial charge on any atom is -0.476 e. The maximum absolute atomic E-state index is 11.9. The molecule has 1 amide bonds. The molecule has 0 aliphatic heterocycles. The molecule has 0 unspecified atom stereocenters. The van der Waals surface area contributed by atoms with Crippen LogP contribution < -0.4 is 5.32 Å². The van der Waals surface area contributed by atoms with Crippen molar-refractivity contribution in [1.82, 2.24) is 4.98 Å². The molecule has 20 heavy (non-hydrogen) atoms. The monoisotopic (exact) mass is 351 g/mol. The average Bonchev–Trinajstić information content (AvgIpc) is 2.91. The number of carbonyl (C=O) groups excluding carboxylic acids is 1. The lowest BCUT2D eigenvalue weighted by Gasteiger charge is -2.05. The molecule has 2 N–H and O–H groups in total. The molecule has 0 saturated heterocycles. The normalized spacial score (nSPS) is 9.80. The van der Waals surface area contributed by atoms with Crippen LogP contribution in [-0.4, -0.2) is 22.0 Å². The second-order valence-electron chi connectivity index (χ2n) is 3.60.